The highest BCUT2D eigenvalue weighted by atomic mass is 127. The Bertz CT molecular complexity index is 1020. The lowest BCUT2D eigenvalue weighted by atomic mass is 9.98. The number of benzene rings is 3. The van der Waals surface area contributed by atoms with Crippen LogP contribution in [0.3, 0.4) is 0 Å². The molecule has 0 amide bonds. The molecule has 0 aromatic heterocycles. The summed E-state index contributed by atoms with van der Waals surface area (Å²) in [6.07, 6.45) is 2.24. The number of thioether (sulfide) groups is 1. The number of halogens is 2. The summed E-state index contributed by atoms with van der Waals surface area (Å²) >= 11 is 7.66. The Kier molecular flexibility index (Phi) is 8.20. The molecule has 0 aliphatic rings. The lowest BCUT2D eigenvalue weighted by Crippen LogP contribution is -2.09. The third-order valence-electron chi connectivity index (χ3n) is 4.04. The van der Waals surface area contributed by atoms with Crippen LogP contribution in [0.1, 0.15) is 11.1 Å². The quantitative estimate of drug-likeness (QED) is 0.237. The van der Waals surface area contributed by atoms with Crippen molar-refractivity contribution >= 4 is 61.8 Å². The molecule has 6 heteroatoms. The van der Waals surface area contributed by atoms with Crippen molar-refractivity contribution in [2.75, 3.05) is 12.4 Å². The van der Waals surface area contributed by atoms with Gasteiger partial charge in [0.2, 0.25) is 0 Å². The van der Waals surface area contributed by atoms with E-state index < -0.39 is 5.97 Å². The number of hydrogen-bond donors (Lipinski definition) is 1. The number of hydrogen-bond acceptors (Lipinski definition) is 3. The van der Waals surface area contributed by atoms with Crippen LogP contribution in [0.5, 0.6) is 5.75 Å². The average molecular weight is 581 g/mol. The van der Waals surface area contributed by atoms with E-state index in [2.05, 4.69) is 68.9 Å². The molecular formula is C23H18BrIO3S. The van der Waals surface area contributed by atoms with Gasteiger partial charge in [-0.05, 0) is 63.6 Å². The first-order valence-electron chi connectivity index (χ1n) is 8.82. The number of carboxylic acid groups (broad SMARTS) is 1. The number of carboxylic acids is 1. The molecule has 0 atom stereocenters. The summed E-state index contributed by atoms with van der Waals surface area (Å²) in [5.74, 6) is 0.385. The van der Waals surface area contributed by atoms with Crippen molar-refractivity contribution in [1.29, 1.82) is 0 Å². The largest absolute Gasteiger partial charge is 0.482 e. The Labute approximate surface area is 196 Å². The van der Waals surface area contributed by atoms with Crippen molar-refractivity contribution in [2.24, 2.45) is 0 Å². The fraction of sp³-hybridized carbons (Fsp3) is 0.0870. The number of rotatable bonds is 8. The molecule has 3 nitrogen and oxygen atoms in total. The zero-order valence-corrected chi connectivity index (χ0v) is 19.9. The van der Waals surface area contributed by atoms with Gasteiger partial charge in [0.05, 0.1) is 0 Å². The van der Waals surface area contributed by atoms with Gasteiger partial charge in [0.25, 0.3) is 0 Å². The molecule has 3 aromatic rings. The second kappa shape index (κ2) is 10.8. The molecular weight excluding hydrogens is 563 g/mol. The minimum atomic E-state index is -0.982. The Balaban J connectivity index is 1.78. The molecule has 0 unspecified atom stereocenters. The van der Waals surface area contributed by atoms with Gasteiger partial charge in [-0.25, -0.2) is 4.79 Å². The predicted molar refractivity (Wildman–Crippen MR) is 131 cm³/mol. The second-order valence-electron chi connectivity index (χ2n) is 6.05. The number of ether oxygens (including phenoxy) is 1. The summed E-state index contributed by atoms with van der Waals surface area (Å²) in [5.41, 5.74) is 3.51. The van der Waals surface area contributed by atoms with Crippen molar-refractivity contribution in [3.63, 3.8) is 0 Å². The van der Waals surface area contributed by atoms with Gasteiger partial charge in [-0.3, -0.25) is 0 Å². The minimum Gasteiger partial charge on any atom is -0.482 e. The zero-order chi connectivity index (χ0) is 20.6. The van der Waals surface area contributed by atoms with E-state index in [0.717, 1.165) is 24.3 Å². The Morgan fingerprint density at radius 3 is 2.48 bits per heavy atom. The molecule has 0 spiro atoms. The van der Waals surface area contributed by atoms with Crippen molar-refractivity contribution in [3.05, 3.63) is 98.0 Å². The average Bonchev–Trinajstić information content (AvgIpc) is 2.72. The van der Waals surface area contributed by atoms with Gasteiger partial charge in [-0.15, -0.1) is 11.8 Å². The maximum Gasteiger partial charge on any atom is 0.341 e. The van der Waals surface area contributed by atoms with Crippen molar-refractivity contribution in [2.45, 2.75) is 4.90 Å². The molecule has 148 valence electrons. The highest BCUT2D eigenvalue weighted by Crippen LogP contribution is 2.32. The van der Waals surface area contributed by atoms with E-state index in [1.54, 1.807) is 11.8 Å². The van der Waals surface area contributed by atoms with E-state index >= 15 is 0 Å². The topological polar surface area (TPSA) is 46.5 Å². The number of carbonyl (C=O) groups is 1. The summed E-state index contributed by atoms with van der Waals surface area (Å²) in [4.78, 5) is 11.8. The van der Waals surface area contributed by atoms with E-state index in [1.807, 2.05) is 48.5 Å². The maximum atomic E-state index is 10.6. The van der Waals surface area contributed by atoms with Crippen LogP contribution < -0.4 is 4.74 Å². The van der Waals surface area contributed by atoms with Crippen LogP contribution in [-0.4, -0.2) is 23.4 Å². The zero-order valence-electron chi connectivity index (χ0n) is 15.3. The van der Waals surface area contributed by atoms with E-state index in [4.69, 9.17) is 9.84 Å². The van der Waals surface area contributed by atoms with Gasteiger partial charge in [-0.1, -0.05) is 70.5 Å². The van der Waals surface area contributed by atoms with Gasteiger partial charge in [0.15, 0.2) is 6.61 Å². The first-order valence-corrected chi connectivity index (χ1v) is 11.7. The van der Waals surface area contributed by atoms with Crippen LogP contribution in [0, 0.1) is 3.57 Å². The van der Waals surface area contributed by atoms with E-state index in [0.29, 0.717) is 5.75 Å². The number of aliphatic carboxylic acids is 1. The second-order valence-corrected chi connectivity index (χ2v) is 9.13. The third-order valence-corrected chi connectivity index (χ3v) is 6.99. The summed E-state index contributed by atoms with van der Waals surface area (Å²) in [5, 5.41) is 8.73. The standard InChI is InChI=1S/C23H18BrIO3S/c24-20-9-5-4-8-19(20)18(16-6-2-1-3-7-16)12-13-29-22-11-10-17(14-21(22)25)28-15-23(26)27/h1-12,14H,13,15H2,(H,26,27). The monoisotopic (exact) mass is 580 g/mol. The van der Waals surface area contributed by atoms with E-state index in [-0.39, 0.29) is 6.61 Å². The van der Waals surface area contributed by atoms with Gasteiger partial charge in [-0.2, -0.15) is 0 Å². The molecule has 0 bridgehead atoms. The SMILES string of the molecule is O=C(O)COc1ccc(SCC=C(c2ccccc2)c2ccccc2Br)c(I)c1. The summed E-state index contributed by atoms with van der Waals surface area (Å²) in [7, 11) is 0. The van der Waals surface area contributed by atoms with E-state index in [9.17, 15) is 4.79 Å². The van der Waals surface area contributed by atoms with Gasteiger partial charge >= 0.3 is 5.97 Å². The minimum absolute atomic E-state index is 0.336. The highest BCUT2D eigenvalue weighted by Gasteiger charge is 2.09. The normalized spacial score (nSPS) is 11.3. The molecule has 0 radical (unpaired) electrons. The van der Waals surface area contributed by atoms with Gasteiger partial charge in [0, 0.05) is 18.7 Å². The smallest absolute Gasteiger partial charge is 0.341 e. The van der Waals surface area contributed by atoms with Crippen LogP contribution >= 0.6 is 50.3 Å². The lowest BCUT2D eigenvalue weighted by Gasteiger charge is -2.11. The highest BCUT2D eigenvalue weighted by molar-refractivity contribution is 14.1. The van der Waals surface area contributed by atoms with Crippen LogP contribution in [0.15, 0.2) is 88.2 Å². The van der Waals surface area contributed by atoms with Gasteiger partial charge in [0.1, 0.15) is 5.75 Å². The fourth-order valence-electron chi connectivity index (χ4n) is 2.73. The molecule has 0 saturated heterocycles. The predicted octanol–water partition coefficient (Wildman–Crippen LogP) is 6.74. The maximum absolute atomic E-state index is 10.6. The molecule has 0 saturated carbocycles. The van der Waals surface area contributed by atoms with Crippen molar-refractivity contribution < 1.29 is 14.6 Å². The molecule has 0 aliphatic carbocycles. The third kappa shape index (κ3) is 6.35. The molecule has 0 heterocycles. The summed E-state index contributed by atoms with van der Waals surface area (Å²) in [6, 6.07) is 24.2. The Morgan fingerprint density at radius 1 is 1.07 bits per heavy atom. The van der Waals surface area contributed by atoms with Crippen molar-refractivity contribution in [1.82, 2.24) is 0 Å². The molecule has 0 fully saturated rings. The molecule has 3 rings (SSSR count). The van der Waals surface area contributed by atoms with Crippen LogP contribution in [-0.2, 0) is 4.79 Å². The molecule has 1 N–H and O–H groups in total. The first kappa shape index (κ1) is 21.9. The fourth-order valence-corrected chi connectivity index (χ4v) is 4.97. The van der Waals surface area contributed by atoms with E-state index in [1.165, 1.54) is 11.1 Å². The Morgan fingerprint density at radius 2 is 1.79 bits per heavy atom. The van der Waals surface area contributed by atoms with Crippen LogP contribution in [0.25, 0.3) is 5.57 Å². The first-order chi connectivity index (χ1) is 14.0. The lowest BCUT2D eigenvalue weighted by molar-refractivity contribution is -0.139. The summed E-state index contributed by atoms with van der Waals surface area (Å²) in [6.45, 7) is -0.336. The summed E-state index contributed by atoms with van der Waals surface area (Å²) < 4.78 is 7.34. The molecule has 0 aliphatic heterocycles. The Hall–Kier alpha value is -1.77. The van der Waals surface area contributed by atoms with Crippen molar-refractivity contribution in [3.8, 4) is 5.75 Å². The molecule has 3 aromatic carbocycles. The van der Waals surface area contributed by atoms with Crippen LogP contribution in [0.4, 0.5) is 0 Å². The van der Waals surface area contributed by atoms with Crippen LogP contribution in [0.2, 0.25) is 0 Å². The van der Waals surface area contributed by atoms with Gasteiger partial charge < -0.3 is 9.84 Å². The molecule has 29 heavy (non-hydrogen) atoms.